The van der Waals surface area contributed by atoms with Gasteiger partial charge in [-0.25, -0.2) is 15.0 Å². The van der Waals surface area contributed by atoms with Gasteiger partial charge in [-0.05, 0) is 61.4 Å². The molecule has 13 heteroatoms. The molecule has 6 rings (SSSR count). The highest BCUT2D eigenvalue weighted by atomic mass is 32.2. The van der Waals surface area contributed by atoms with Crippen LogP contribution in [0.15, 0.2) is 77.3 Å². The topological polar surface area (TPSA) is 97.9 Å². The summed E-state index contributed by atoms with van der Waals surface area (Å²) in [7, 11) is 0. The fourth-order valence-corrected chi connectivity index (χ4v) is 5.41. The van der Waals surface area contributed by atoms with Gasteiger partial charge in [0.05, 0.1) is 34.9 Å². The lowest BCUT2D eigenvalue weighted by atomic mass is 10.1. The second-order valence-electron chi connectivity index (χ2n) is 9.14. The molecule has 2 aromatic heterocycles. The lowest BCUT2D eigenvalue weighted by molar-refractivity contribution is -0.274. The molecule has 1 amide bonds. The number of hydrogen-bond acceptors (Lipinski definition) is 8. The number of imidazole rings is 1. The van der Waals surface area contributed by atoms with E-state index in [4.69, 9.17) is 0 Å². The van der Waals surface area contributed by atoms with E-state index < -0.39 is 6.36 Å². The van der Waals surface area contributed by atoms with Crippen LogP contribution < -0.4 is 9.64 Å². The summed E-state index contributed by atoms with van der Waals surface area (Å²) in [6.07, 6.45) is -0.172. The Morgan fingerprint density at radius 1 is 1.00 bits per heavy atom. The Hall–Kier alpha value is -4.78. The number of amidine groups is 1. The van der Waals surface area contributed by atoms with Crippen LogP contribution in [0.25, 0.3) is 27.8 Å². The van der Waals surface area contributed by atoms with Gasteiger partial charge < -0.3 is 4.74 Å². The lowest BCUT2D eigenvalue weighted by Crippen LogP contribution is -2.30. The third-order valence-corrected chi connectivity index (χ3v) is 7.27. The summed E-state index contributed by atoms with van der Waals surface area (Å²) < 4.78 is 43.1. The first-order valence-electron chi connectivity index (χ1n) is 12.3. The molecule has 0 saturated carbocycles. The third kappa shape index (κ3) is 5.23. The van der Waals surface area contributed by atoms with Gasteiger partial charge in [0.25, 0.3) is 0 Å². The number of carbonyl (C=O) groups excluding carboxylic acids is 1. The zero-order valence-electron chi connectivity index (χ0n) is 21.6. The highest BCUT2D eigenvalue weighted by molar-refractivity contribution is 8.15. The number of nitrogens with zero attached hydrogens (tertiary/aromatic N) is 7. The Kier molecular flexibility index (Phi) is 6.66. The van der Waals surface area contributed by atoms with Crippen LogP contribution in [0.2, 0.25) is 0 Å². The standard InChI is InChI=1S/C28H20F3N7O2S/c1-16-4-3-5-17(2)26(16)38-23(39)14-41-27(38)36-34-13-18-12-32-24-21(35-18)10-11-22-25(24)33-15-37(22)19-6-8-20(9-7-19)40-28(29,30)31/h3-13,15H,14H2,1-2H3/b34-13+,36-27-. The zero-order valence-corrected chi connectivity index (χ0v) is 22.4. The fourth-order valence-electron chi connectivity index (χ4n) is 4.60. The number of hydrogen-bond donors (Lipinski definition) is 0. The maximum absolute atomic E-state index is 12.6. The van der Waals surface area contributed by atoms with Crippen molar-refractivity contribution in [2.24, 2.45) is 10.2 Å². The number of amides is 1. The van der Waals surface area contributed by atoms with Crippen LogP contribution in [0, 0.1) is 13.8 Å². The van der Waals surface area contributed by atoms with Crippen LogP contribution >= 0.6 is 11.8 Å². The number of aromatic nitrogens is 4. The van der Waals surface area contributed by atoms with Gasteiger partial charge >= 0.3 is 6.36 Å². The van der Waals surface area contributed by atoms with Crippen molar-refractivity contribution in [1.82, 2.24) is 19.5 Å². The van der Waals surface area contributed by atoms with Crippen molar-refractivity contribution >= 4 is 56.8 Å². The molecule has 9 nitrogen and oxygen atoms in total. The summed E-state index contributed by atoms with van der Waals surface area (Å²) >= 11 is 1.32. The number of fused-ring (bicyclic) bond motifs is 3. The van der Waals surface area contributed by atoms with Gasteiger partial charge in [-0.15, -0.1) is 18.3 Å². The number of para-hydroxylation sites is 1. The molecule has 1 saturated heterocycles. The molecule has 41 heavy (non-hydrogen) atoms. The molecular formula is C28H20F3N7O2S. The molecule has 0 unspecified atom stereocenters. The number of alkyl halides is 3. The van der Waals surface area contributed by atoms with Crippen LogP contribution in [0.3, 0.4) is 0 Å². The summed E-state index contributed by atoms with van der Waals surface area (Å²) in [5, 5.41) is 8.97. The summed E-state index contributed by atoms with van der Waals surface area (Å²) in [6.45, 7) is 3.90. The average Bonchev–Trinajstić information content (AvgIpc) is 3.52. The Bertz CT molecular complexity index is 1850. The number of thioether (sulfide) groups is 1. The van der Waals surface area contributed by atoms with Crippen LogP contribution in [0.5, 0.6) is 5.75 Å². The number of halogens is 3. The van der Waals surface area contributed by atoms with Crippen molar-refractivity contribution in [2.45, 2.75) is 20.2 Å². The van der Waals surface area contributed by atoms with E-state index in [1.165, 1.54) is 42.2 Å². The largest absolute Gasteiger partial charge is 0.573 e. The molecule has 0 bridgehead atoms. The molecule has 1 aliphatic heterocycles. The van der Waals surface area contributed by atoms with Gasteiger partial charge in [0.1, 0.15) is 28.8 Å². The van der Waals surface area contributed by atoms with Crippen molar-refractivity contribution in [2.75, 3.05) is 10.7 Å². The number of carbonyl (C=O) groups is 1. The molecular weight excluding hydrogens is 555 g/mol. The van der Waals surface area contributed by atoms with Crippen LogP contribution in [0.1, 0.15) is 16.8 Å². The van der Waals surface area contributed by atoms with Crippen molar-refractivity contribution in [3.8, 4) is 11.4 Å². The van der Waals surface area contributed by atoms with Gasteiger partial charge in [-0.3, -0.25) is 14.3 Å². The van der Waals surface area contributed by atoms with Crippen molar-refractivity contribution in [3.05, 3.63) is 83.9 Å². The fraction of sp³-hybridized carbons (Fsp3) is 0.143. The Balaban J connectivity index is 1.26. The molecule has 0 atom stereocenters. The summed E-state index contributed by atoms with van der Waals surface area (Å²) in [5.74, 6) is -0.0789. The lowest BCUT2D eigenvalue weighted by Gasteiger charge is -2.20. The second kappa shape index (κ2) is 10.3. The highest BCUT2D eigenvalue weighted by Gasteiger charge is 2.32. The average molecular weight is 576 g/mol. The zero-order chi connectivity index (χ0) is 28.7. The van der Waals surface area contributed by atoms with Crippen molar-refractivity contribution < 1.29 is 22.7 Å². The predicted molar refractivity (Wildman–Crippen MR) is 152 cm³/mol. The van der Waals surface area contributed by atoms with E-state index in [1.54, 1.807) is 28.1 Å². The van der Waals surface area contributed by atoms with Gasteiger partial charge in [0.15, 0.2) is 5.17 Å². The normalized spacial score (nSPS) is 15.2. The SMILES string of the molecule is Cc1cccc(C)c1N1C(=O)CS/C1=N\N=C\c1cnc2c(ccc3c2ncn3-c2ccc(OC(F)(F)F)cc2)n1. The molecule has 1 fully saturated rings. The molecule has 5 aromatic rings. The number of anilines is 1. The predicted octanol–water partition coefficient (Wildman–Crippen LogP) is 5.95. The molecule has 1 aliphatic rings. The number of ether oxygens (including phenoxy) is 1. The second-order valence-corrected chi connectivity index (χ2v) is 10.1. The third-order valence-electron chi connectivity index (χ3n) is 6.36. The minimum absolute atomic E-state index is 0.0547. The quantitative estimate of drug-likeness (QED) is 0.190. The van der Waals surface area contributed by atoms with Gasteiger partial charge in [-0.2, -0.15) is 5.10 Å². The Morgan fingerprint density at radius 3 is 2.49 bits per heavy atom. The van der Waals surface area contributed by atoms with E-state index >= 15 is 0 Å². The van der Waals surface area contributed by atoms with E-state index in [-0.39, 0.29) is 17.4 Å². The molecule has 0 N–H and O–H groups in total. The van der Waals surface area contributed by atoms with Gasteiger partial charge in [0.2, 0.25) is 5.91 Å². The molecule has 206 valence electrons. The molecule has 0 spiro atoms. The first kappa shape index (κ1) is 26.4. The van der Waals surface area contributed by atoms with Crippen molar-refractivity contribution in [1.29, 1.82) is 0 Å². The van der Waals surface area contributed by atoms with Gasteiger partial charge in [-0.1, -0.05) is 30.0 Å². The summed E-state index contributed by atoms with van der Waals surface area (Å²) in [5.41, 5.74) is 6.26. The smallest absolute Gasteiger partial charge is 0.406 e. The van der Waals surface area contributed by atoms with Crippen LogP contribution in [-0.2, 0) is 4.79 Å². The van der Waals surface area contributed by atoms with Gasteiger partial charge in [0, 0.05) is 5.69 Å². The highest BCUT2D eigenvalue weighted by Crippen LogP contribution is 2.32. The monoisotopic (exact) mass is 575 g/mol. The molecule has 3 heterocycles. The van der Waals surface area contributed by atoms with E-state index in [1.807, 2.05) is 38.1 Å². The summed E-state index contributed by atoms with van der Waals surface area (Å²) in [4.78, 5) is 27.8. The minimum atomic E-state index is -4.76. The van der Waals surface area contributed by atoms with Crippen molar-refractivity contribution in [3.63, 3.8) is 0 Å². The molecule has 3 aromatic carbocycles. The van der Waals surface area contributed by atoms with E-state index in [2.05, 4.69) is 29.9 Å². The molecule has 0 aliphatic carbocycles. The number of benzene rings is 3. The first-order chi connectivity index (χ1) is 19.7. The van der Waals surface area contributed by atoms with Crippen LogP contribution in [0.4, 0.5) is 18.9 Å². The minimum Gasteiger partial charge on any atom is -0.406 e. The number of rotatable bonds is 5. The molecule has 0 radical (unpaired) electrons. The number of aryl methyl sites for hydroxylation is 2. The van der Waals surface area contributed by atoms with E-state index in [9.17, 15) is 18.0 Å². The van der Waals surface area contributed by atoms with Crippen LogP contribution in [-0.4, -0.2) is 48.9 Å². The Labute approximate surface area is 235 Å². The van der Waals surface area contributed by atoms with E-state index in [0.29, 0.717) is 38.6 Å². The summed E-state index contributed by atoms with van der Waals surface area (Å²) in [6, 6.07) is 14.9. The maximum atomic E-state index is 12.6. The first-order valence-corrected chi connectivity index (χ1v) is 13.3. The maximum Gasteiger partial charge on any atom is 0.573 e. The van der Waals surface area contributed by atoms with E-state index in [0.717, 1.165) is 16.8 Å². The Morgan fingerprint density at radius 2 is 1.76 bits per heavy atom.